The first-order chi connectivity index (χ1) is 9.89. The Morgan fingerprint density at radius 1 is 0.522 bits per heavy atom. The molecule has 0 aliphatic carbocycles. The smallest absolute Gasteiger partial charge is 0.442 e. The maximum atomic E-state index is 6.52. The normalized spacial score (nSPS) is 15.7. The fourth-order valence-corrected chi connectivity index (χ4v) is 20.1. The average molecular weight is 431 g/mol. The lowest BCUT2D eigenvalue weighted by molar-refractivity contribution is 0.136. The number of hydrogen-bond acceptors (Lipinski definition) is 5. The summed E-state index contributed by atoms with van der Waals surface area (Å²) in [6, 6.07) is 0. The van der Waals surface area contributed by atoms with Crippen molar-refractivity contribution in [2.45, 2.75) is 78.6 Å². The van der Waals surface area contributed by atoms with Crippen molar-refractivity contribution in [1.82, 2.24) is 0 Å². The molecular formula is C12H38O5Si6. The predicted molar refractivity (Wildman–Crippen MR) is 113 cm³/mol. The lowest BCUT2D eigenvalue weighted by Gasteiger charge is -2.44. The van der Waals surface area contributed by atoms with Crippen LogP contribution in [-0.2, 0) is 20.6 Å². The van der Waals surface area contributed by atoms with E-state index >= 15 is 0 Å². The molecule has 11 heteroatoms. The molecule has 0 saturated heterocycles. The Hall–Kier alpha value is 1.10. The zero-order chi connectivity index (χ0) is 18.7. The van der Waals surface area contributed by atoms with E-state index in [1.54, 1.807) is 0 Å². The second-order valence-electron chi connectivity index (χ2n) is 9.08. The Kier molecular flexibility index (Phi) is 8.59. The van der Waals surface area contributed by atoms with Crippen LogP contribution >= 0.6 is 0 Å². The summed E-state index contributed by atoms with van der Waals surface area (Å²) < 4.78 is 32.1. The van der Waals surface area contributed by atoms with Gasteiger partial charge in [0, 0.05) is 0 Å². The van der Waals surface area contributed by atoms with E-state index < -0.39 is 52.3 Å². The van der Waals surface area contributed by atoms with E-state index in [1.807, 2.05) is 0 Å². The zero-order valence-corrected chi connectivity index (χ0v) is 23.7. The third kappa shape index (κ3) is 12.1. The summed E-state index contributed by atoms with van der Waals surface area (Å²) in [7, 11) is -11.8. The molecule has 140 valence electrons. The molecule has 23 heavy (non-hydrogen) atoms. The van der Waals surface area contributed by atoms with E-state index in [4.69, 9.17) is 20.6 Å². The molecule has 5 nitrogen and oxygen atoms in total. The minimum absolute atomic E-state index is 0.558. The molecule has 0 aromatic rings. The van der Waals surface area contributed by atoms with Crippen LogP contribution < -0.4 is 0 Å². The number of rotatable bonds is 10. The molecule has 0 spiro atoms. The minimum atomic E-state index is -3.23. The van der Waals surface area contributed by atoms with Gasteiger partial charge in [-0.1, -0.05) is 6.55 Å². The molecule has 0 aromatic carbocycles. The summed E-state index contributed by atoms with van der Waals surface area (Å²) in [6.45, 7) is 25.7. The Balaban J connectivity index is 5.81. The van der Waals surface area contributed by atoms with Crippen molar-refractivity contribution < 1.29 is 20.6 Å². The van der Waals surface area contributed by atoms with Gasteiger partial charge in [0.15, 0.2) is 25.0 Å². The van der Waals surface area contributed by atoms with E-state index in [0.29, 0.717) is 0 Å². The SMILES string of the molecule is C[SiH2]O[Si](C)(C)O[Si](O[Si](C)(C)C)(O[Si](C)(C)C)O[Si](C)(C)C. The van der Waals surface area contributed by atoms with Gasteiger partial charge in [0.1, 0.15) is 9.76 Å². The van der Waals surface area contributed by atoms with Crippen LogP contribution in [0.3, 0.4) is 0 Å². The van der Waals surface area contributed by atoms with E-state index in [-0.39, 0.29) is 0 Å². The topological polar surface area (TPSA) is 46.2 Å². The highest BCUT2D eigenvalue weighted by molar-refractivity contribution is 6.91. The Morgan fingerprint density at radius 3 is 1.04 bits per heavy atom. The fraction of sp³-hybridized carbons (Fsp3) is 1.00. The summed E-state index contributed by atoms with van der Waals surface area (Å²) in [5.41, 5.74) is 0. The van der Waals surface area contributed by atoms with Gasteiger partial charge in [-0.15, -0.1) is 0 Å². The third-order valence-electron chi connectivity index (χ3n) is 2.16. The summed E-state index contributed by atoms with van der Waals surface area (Å²) >= 11 is 0. The van der Waals surface area contributed by atoms with Crippen LogP contribution in [0.15, 0.2) is 0 Å². The van der Waals surface area contributed by atoms with Gasteiger partial charge in [0.25, 0.3) is 0 Å². The molecule has 0 fully saturated rings. The van der Waals surface area contributed by atoms with E-state index in [9.17, 15) is 0 Å². The van der Waals surface area contributed by atoms with E-state index in [1.165, 1.54) is 0 Å². The summed E-state index contributed by atoms with van der Waals surface area (Å²) in [5.74, 6) is 0. The van der Waals surface area contributed by atoms with Crippen molar-refractivity contribution in [2.75, 3.05) is 0 Å². The maximum absolute atomic E-state index is 6.52. The standard InChI is InChI=1S/C12H38O5Si6/c1-18-13-22(11,12)17-23(14-19(2,3)4,15-20(5,6)7)16-21(8,9)10/h18H2,1-12H3. The molecule has 0 atom stereocenters. The van der Waals surface area contributed by atoms with Crippen LogP contribution in [0.25, 0.3) is 0 Å². The van der Waals surface area contributed by atoms with Crippen molar-refractivity contribution in [3.8, 4) is 0 Å². The Morgan fingerprint density at radius 2 is 0.826 bits per heavy atom. The highest BCUT2D eigenvalue weighted by Crippen LogP contribution is 2.29. The molecule has 0 heterocycles. The third-order valence-corrected chi connectivity index (χ3v) is 19.4. The quantitative estimate of drug-likeness (QED) is 0.493. The monoisotopic (exact) mass is 430 g/mol. The van der Waals surface area contributed by atoms with Gasteiger partial charge in [-0.05, 0) is 72.0 Å². The van der Waals surface area contributed by atoms with Gasteiger partial charge < -0.3 is 20.6 Å². The summed E-state index contributed by atoms with van der Waals surface area (Å²) in [5, 5.41) is 0. The average Bonchev–Trinajstić information content (AvgIpc) is 2.03. The van der Waals surface area contributed by atoms with Crippen molar-refractivity contribution >= 4 is 52.3 Å². The van der Waals surface area contributed by atoms with Crippen LogP contribution in [0.4, 0.5) is 0 Å². The predicted octanol–water partition coefficient (Wildman–Crippen LogP) is 3.84. The molecule has 0 amide bonds. The molecule has 0 radical (unpaired) electrons. The molecule has 0 unspecified atom stereocenters. The highest BCUT2D eigenvalue weighted by Gasteiger charge is 2.56. The van der Waals surface area contributed by atoms with Gasteiger partial charge in [-0.2, -0.15) is 0 Å². The maximum Gasteiger partial charge on any atom is 0.638 e. The van der Waals surface area contributed by atoms with Crippen molar-refractivity contribution in [3.63, 3.8) is 0 Å². The van der Waals surface area contributed by atoms with Crippen molar-refractivity contribution in [1.29, 1.82) is 0 Å². The van der Waals surface area contributed by atoms with Crippen LogP contribution in [0.2, 0.25) is 78.6 Å². The molecular weight excluding hydrogens is 393 g/mol. The Labute approximate surface area is 151 Å². The molecule has 0 aromatic heterocycles. The second-order valence-corrected chi connectivity index (χ2v) is 30.6. The van der Waals surface area contributed by atoms with E-state index in [2.05, 4.69) is 78.6 Å². The van der Waals surface area contributed by atoms with Crippen LogP contribution in [-0.4, -0.2) is 52.3 Å². The molecule has 0 rings (SSSR count). The van der Waals surface area contributed by atoms with Gasteiger partial charge in [0.05, 0.1) is 0 Å². The van der Waals surface area contributed by atoms with Crippen LogP contribution in [0, 0.1) is 0 Å². The van der Waals surface area contributed by atoms with Crippen LogP contribution in [0.1, 0.15) is 0 Å². The van der Waals surface area contributed by atoms with Gasteiger partial charge in [-0.25, -0.2) is 0 Å². The summed E-state index contributed by atoms with van der Waals surface area (Å²) in [6.07, 6.45) is 0. The first kappa shape index (κ1) is 24.1. The van der Waals surface area contributed by atoms with Crippen LogP contribution in [0.5, 0.6) is 0 Å². The fourth-order valence-electron chi connectivity index (χ4n) is 1.93. The van der Waals surface area contributed by atoms with Crippen molar-refractivity contribution in [2.24, 2.45) is 0 Å². The lowest BCUT2D eigenvalue weighted by atomic mass is 11.8. The Bertz CT molecular complexity index is 331. The molecule has 0 saturated carbocycles. The zero-order valence-electron chi connectivity index (χ0n) is 17.2. The van der Waals surface area contributed by atoms with Crippen molar-refractivity contribution in [3.05, 3.63) is 0 Å². The molecule has 0 N–H and O–H groups in total. The number of hydrogen-bond donors (Lipinski definition) is 0. The molecule has 0 aliphatic rings. The second kappa shape index (κ2) is 8.20. The van der Waals surface area contributed by atoms with Gasteiger partial charge in [-0.3, -0.25) is 0 Å². The first-order valence-corrected chi connectivity index (χ1v) is 25.0. The first-order valence-electron chi connectivity index (χ1n) is 8.33. The van der Waals surface area contributed by atoms with E-state index in [0.717, 1.165) is 0 Å². The minimum Gasteiger partial charge on any atom is -0.442 e. The highest BCUT2D eigenvalue weighted by atomic mass is 28.5. The largest absolute Gasteiger partial charge is 0.638 e. The van der Waals surface area contributed by atoms with Gasteiger partial charge >= 0.3 is 17.6 Å². The summed E-state index contributed by atoms with van der Waals surface area (Å²) in [4.78, 5) is 0. The van der Waals surface area contributed by atoms with Gasteiger partial charge in [0.2, 0.25) is 0 Å². The molecule has 0 aliphatic heterocycles. The molecule has 0 bridgehead atoms. The lowest BCUT2D eigenvalue weighted by Crippen LogP contribution is -2.66.